The average molecular weight is 334 g/mol. The van der Waals surface area contributed by atoms with Gasteiger partial charge < -0.3 is 10.2 Å². The predicted octanol–water partition coefficient (Wildman–Crippen LogP) is 3.44. The van der Waals surface area contributed by atoms with E-state index in [2.05, 4.69) is 5.32 Å². The zero-order valence-electron chi connectivity index (χ0n) is 13.6. The molecule has 0 spiro atoms. The molecule has 4 nitrogen and oxygen atoms in total. The summed E-state index contributed by atoms with van der Waals surface area (Å²) in [4.78, 5) is 27.4. The molecule has 1 N–H and O–H groups in total. The van der Waals surface area contributed by atoms with Crippen LogP contribution in [-0.2, 0) is 4.79 Å². The Morgan fingerprint density at radius 1 is 1.22 bits per heavy atom. The molecule has 1 atom stereocenters. The Hall–Kier alpha value is -1.36. The smallest absolute Gasteiger partial charge is 0.264 e. The van der Waals surface area contributed by atoms with Crippen molar-refractivity contribution in [3.63, 3.8) is 0 Å². The van der Waals surface area contributed by atoms with Gasteiger partial charge in [-0.3, -0.25) is 9.59 Å². The summed E-state index contributed by atoms with van der Waals surface area (Å²) in [5.74, 6) is 0.901. The molecular formula is C18H26N2O2S. The second kappa shape index (κ2) is 7.95. The molecule has 0 radical (unpaired) electrons. The van der Waals surface area contributed by atoms with Crippen molar-refractivity contribution in [3.05, 3.63) is 22.4 Å². The first-order chi connectivity index (χ1) is 11.3. The second-order valence-electron chi connectivity index (χ2n) is 6.72. The standard InChI is InChI=1S/C18H26N2O2S/c21-17(19-11-3-8-14-6-1-2-7-14)15-9-4-12-20(15)18(22)16-10-5-13-23-16/h5,10,13-15H,1-4,6-9,11-12H2,(H,19,21)/t15-/m0/s1. The number of rotatable bonds is 6. The number of nitrogens with one attached hydrogen (secondary N) is 1. The minimum atomic E-state index is -0.281. The number of hydrogen-bond acceptors (Lipinski definition) is 3. The summed E-state index contributed by atoms with van der Waals surface area (Å²) in [5, 5.41) is 4.95. The fourth-order valence-corrected chi connectivity index (χ4v) is 4.52. The quantitative estimate of drug-likeness (QED) is 0.810. The summed E-state index contributed by atoms with van der Waals surface area (Å²) in [6.45, 7) is 1.43. The van der Waals surface area contributed by atoms with E-state index in [1.807, 2.05) is 17.5 Å². The van der Waals surface area contributed by atoms with Crippen LogP contribution in [0.3, 0.4) is 0 Å². The largest absolute Gasteiger partial charge is 0.354 e. The number of carbonyl (C=O) groups excluding carboxylic acids is 2. The Kier molecular flexibility index (Phi) is 5.70. The van der Waals surface area contributed by atoms with Crippen LogP contribution in [0, 0.1) is 5.92 Å². The van der Waals surface area contributed by atoms with Crippen LogP contribution in [0.1, 0.15) is 61.0 Å². The van der Waals surface area contributed by atoms with Crippen LogP contribution in [0.5, 0.6) is 0 Å². The zero-order chi connectivity index (χ0) is 16.1. The van der Waals surface area contributed by atoms with Gasteiger partial charge in [-0.15, -0.1) is 11.3 Å². The average Bonchev–Trinajstić information content (AvgIpc) is 3.33. The van der Waals surface area contributed by atoms with Gasteiger partial charge in [0.15, 0.2) is 0 Å². The highest BCUT2D eigenvalue weighted by Gasteiger charge is 2.34. The van der Waals surface area contributed by atoms with Crippen LogP contribution >= 0.6 is 11.3 Å². The number of carbonyl (C=O) groups is 2. The number of thiophene rings is 1. The van der Waals surface area contributed by atoms with Gasteiger partial charge in [0, 0.05) is 13.1 Å². The monoisotopic (exact) mass is 334 g/mol. The summed E-state index contributed by atoms with van der Waals surface area (Å²) < 4.78 is 0. The van der Waals surface area contributed by atoms with Crippen LogP contribution in [0.25, 0.3) is 0 Å². The maximum atomic E-state index is 12.5. The Labute approximate surface area is 142 Å². The first-order valence-corrected chi connectivity index (χ1v) is 9.76. The van der Waals surface area contributed by atoms with Crippen molar-refractivity contribution >= 4 is 23.2 Å². The van der Waals surface area contributed by atoms with Crippen molar-refractivity contribution in [1.82, 2.24) is 10.2 Å². The van der Waals surface area contributed by atoms with Gasteiger partial charge in [-0.05, 0) is 43.0 Å². The molecule has 2 heterocycles. The lowest BCUT2D eigenvalue weighted by molar-refractivity contribution is -0.124. The lowest BCUT2D eigenvalue weighted by Gasteiger charge is -2.23. The summed E-state index contributed by atoms with van der Waals surface area (Å²) in [7, 11) is 0. The van der Waals surface area contributed by atoms with E-state index >= 15 is 0 Å². The first kappa shape index (κ1) is 16.5. The summed E-state index contributed by atoms with van der Waals surface area (Å²) in [6.07, 6.45) is 9.45. The SMILES string of the molecule is O=C(NCCCC1CCCC1)[C@@H]1CCCN1C(=O)c1cccs1. The van der Waals surface area contributed by atoms with Crippen molar-refractivity contribution in [2.75, 3.05) is 13.1 Å². The number of likely N-dealkylation sites (tertiary alicyclic amines) is 1. The molecule has 23 heavy (non-hydrogen) atoms. The van der Waals surface area contributed by atoms with Crippen molar-refractivity contribution in [1.29, 1.82) is 0 Å². The molecule has 0 bridgehead atoms. The summed E-state index contributed by atoms with van der Waals surface area (Å²) >= 11 is 1.44. The fourth-order valence-electron chi connectivity index (χ4n) is 3.84. The molecule has 2 aliphatic rings. The highest BCUT2D eigenvalue weighted by molar-refractivity contribution is 7.12. The van der Waals surface area contributed by atoms with Crippen LogP contribution < -0.4 is 5.32 Å². The van der Waals surface area contributed by atoms with Crippen LogP contribution in [0.15, 0.2) is 17.5 Å². The second-order valence-corrected chi connectivity index (χ2v) is 7.67. The van der Waals surface area contributed by atoms with Gasteiger partial charge in [0.25, 0.3) is 5.91 Å². The van der Waals surface area contributed by atoms with Gasteiger partial charge in [-0.2, -0.15) is 0 Å². The molecular weight excluding hydrogens is 308 g/mol. The molecule has 1 aromatic heterocycles. The Bertz CT molecular complexity index is 523. The minimum Gasteiger partial charge on any atom is -0.354 e. The first-order valence-electron chi connectivity index (χ1n) is 8.88. The maximum Gasteiger partial charge on any atom is 0.264 e. The molecule has 2 amide bonds. The van der Waals surface area contributed by atoms with Crippen molar-refractivity contribution in [2.45, 2.75) is 57.4 Å². The van der Waals surface area contributed by atoms with Gasteiger partial charge in [0.05, 0.1) is 4.88 Å². The van der Waals surface area contributed by atoms with E-state index in [9.17, 15) is 9.59 Å². The Morgan fingerprint density at radius 3 is 2.78 bits per heavy atom. The van der Waals surface area contributed by atoms with E-state index < -0.39 is 0 Å². The number of amides is 2. The van der Waals surface area contributed by atoms with E-state index in [0.717, 1.165) is 36.6 Å². The summed E-state index contributed by atoms with van der Waals surface area (Å²) in [6, 6.07) is 3.43. The van der Waals surface area contributed by atoms with E-state index in [1.165, 1.54) is 43.4 Å². The van der Waals surface area contributed by atoms with Gasteiger partial charge in [0.1, 0.15) is 6.04 Å². The third kappa shape index (κ3) is 4.14. The molecule has 2 fully saturated rings. The Morgan fingerprint density at radius 2 is 2.04 bits per heavy atom. The van der Waals surface area contributed by atoms with Crippen LogP contribution in [0.4, 0.5) is 0 Å². The van der Waals surface area contributed by atoms with E-state index in [4.69, 9.17) is 0 Å². The molecule has 126 valence electrons. The molecule has 1 saturated carbocycles. The normalized spacial score (nSPS) is 21.7. The molecule has 1 saturated heterocycles. The molecule has 5 heteroatoms. The van der Waals surface area contributed by atoms with Gasteiger partial charge in [-0.25, -0.2) is 0 Å². The highest BCUT2D eigenvalue weighted by atomic mass is 32.1. The van der Waals surface area contributed by atoms with Crippen molar-refractivity contribution in [3.8, 4) is 0 Å². The van der Waals surface area contributed by atoms with Crippen LogP contribution in [-0.4, -0.2) is 35.8 Å². The van der Waals surface area contributed by atoms with E-state index in [0.29, 0.717) is 6.54 Å². The predicted molar refractivity (Wildman–Crippen MR) is 92.6 cm³/mol. The van der Waals surface area contributed by atoms with Crippen molar-refractivity contribution < 1.29 is 9.59 Å². The van der Waals surface area contributed by atoms with Gasteiger partial charge in [0.2, 0.25) is 5.91 Å². The van der Waals surface area contributed by atoms with E-state index in [1.54, 1.807) is 4.90 Å². The lowest BCUT2D eigenvalue weighted by Crippen LogP contribution is -2.46. The molecule has 3 rings (SSSR count). The molecule has 1 aliphatic heterocycles. The maximum absolute atomic E-state index is 12.5. The summed E-state index contributed by atoms with van der Waals surface area (Å²) in [5.41, 5.74) is 0. The lowest BCUT2D eigenvalue weighted by atomic mass is 10.0. The van der Waals surface area contributed by atoms with Gasteiger partial charge in [-0.1, -0.05) is 31.7 Å². The molecule has 0 aromatic carbocycles. The molecule has 1 aliphatic carbocycles. The van der Waals surface area contributed by atoms with Crippen LogP contribution in [0.2, 0.25) is 0 Å². The van der Waals surface area contributed by atoms with Crippen molar-refractivity contribution in [2.24, 2.45) is 5.92 Å². The minimum absolute atomic E-state index is 0.00334. The topological polar surface area (TPSA) is 49.4 Å². The molecule has 1 aromatic rings. The third-order valence-corrected chi connectivity index (χ3v) is 5.97. The van der Waals surface area contributed by atoms with Gasteiger partial charge >= 0.3 is 0 Å². The number of nitrogens with zero attached hydrogens (tertiary/aromatic N) is 1. The highest BCUT2D eigenvalue weighted by Crippen LogP contribution is 2.28. The number of hydrogen-bond donors (Lipinski definition) is 1. The Balaban J connectivity index is 1.45. The molecule has 0 unspecified atom stereocenters. The fraction of sp³-hybridized carbons (Fsp3) is 0.667. The zero-order valence-corrected chi connectivity index (χ0v) is 14.4. The van der Waals surface area contributed by atoms with E-state index in [-0.39, 0.29) is 17.9 Å². The third-order valence-electron chi connectivity index (χ3n) is 5.11.